The van der Waals surface area contributed by atoms with Crippen LogP contribution in [0.4, 0.5) is 17.1 Å². The molecule has 11 aromatic carbocycles. The zero-order valence-electron chi connectivity index (χ0n) is 35.7. The van der Waals surface area contributed by atoms with Gasteiger partial charge in [-0.3, -0.25) is 0 Å². The Kier molecular flexibility index (Phi) is 10.2. The van der Waals surface area contributed by atoms with E-state index in [1.54, 1.807) is 0 Å². The fraction of sp³-hybridized carbons (Fsp3) is 0.0159. The Hall–Kier alpha value is -8.26. The van der Waals surface area contributed by atoms with Gasteiger partial charge in [0.1, 0.15) is 0 Å². The molecule has 0 bridgehead atoms. The van der Waals surface area contributed by atoms with Crippen molar-refractivity contribution in [1.29, 1.82) is 0 Å². The lowest BCUT2D eigenvalue weighted by Gasteiger charge is -2.27. The van der Waals surface area contributed by atoms with Crippen LogP contribution >= 0.6 is 0 Å². The van der Waals surface area contributed by atoms with Gasteiger partial charge >= 0.3 is 0 Å². The molecule has 1 heteroatoms. The van der Waals surface area contributed by atoms with Crippen molar-refractivity contribution in [2.45, 2.75) is 6.92 Å². The molecule has 0 heterocycles. The Bertz CT molecular complexity index is 3510. The second kappa shape index (κ2) is 16.9. The molecular formula is C63H45N. The number of hydrogen-bond donors (Lipinski definition) is 0. The Morgan fingerprint density at radius 3 is 1.28 bits per heavy atom. The van der Waals surface area contributed by atoms with Gasteiger partial charge in [-0.05, 0) is 125 Å². The summed E-state index contributed by atoms with van der Waals surface area (Å²) in [5.74, 6) is 0. The van der Waals surface area contributed by atoms with E-state index < -0.39 is 0 Å². The molecule has 0 N–H and O–H groups in total. The van der Waals surface area contributed by atoms with Gasteiger partial charge in [-0.1, -0.05) is 224 Å². The first-order valence-corrected chi connectivity index (χ1v) is 22.1. The van der Waals surface area contributed by atoms with Crippen molar-refractivity contribution in [2.24, 2.45) is 0 Å². The standard InChI is InChI=1S/C63H45N/c1-44(45-20-5-2-6-21-45)53-28-13-14-30-55(53)61(47-23-7-3-8-24-47)49-36-40-51(41-37-49)64(60-35-19-27-46-22-11-12-29-54(46)60)52-42-38-50(39-43-52)63-58-33-17-15-31-56(58)62(48-25-9-4-10-26-48)57-32-16-18-34-59(57)63/h2-43H,1H3/b53-44+,61-55+. The molecule has 11 rings (SSSR count). The minimum atomic E-state index is 1.09. The van der Waals surface area contributed by atoms with Gasteiger partial charge in [-0.25, -0.2) is 0 Å². The molecule has 0 aliphatic heterocycles. The molecule has 1 nitrogen and oxygen atoms in total. The lowest BCUT2D eigenvalue weighted by Crippen LogP contribution is -2.29. The van der Waals surface area contributed by atoms with E-state index in [1.807, 2.05) is 0 Å². The summed E-state index contributed by atoms with van der Waals surface area (Å²) >= 11 is 0. The van der Waals surface area contributed by atoms with Crippen molar-refractivity contribution in [2.75, 3.05) is 4.90 Å². The number of nitrogens with zero attached hydrogens (tertiary/aromatic N) is 1. The van der Waals surface area contributed by atoms with Crippen LogP contribution in [0.25, 0.3) is 65.7 Å². The quantitative estimate of drug-likeness (QED) is 0.138. The van der Waals surface area contributed by atoms with E-state index in [0.29, 0.717) is 0 Å². The summed E-state index contributed by atoms with van der Waals surface area (Å²) in [6.45, 7) is 2.23. The number of fused-ring (bicyclic) bond motifs is 3. The van der Waals surface area contributed by atoms with Gasteiger partial charge in [0.2, 0.25) is 0 Å². The van der Waals surface area contributed by atoms with E-state index in [2.05, 4.69) is 267 Å². The average molecular weight is 816 g/mol. The van der Waals surface area contributed by atoms with E-state index in [-0.39, 0.29) is 0 Å². The SMILES string of the molecule is C/C(c1ccccc1)=c1/cccc/c1=C(/c1ccccc1)c1ccc(N(c2ccc(-c3c4ccccc4c(-c4ccccc4)c4ccccc34)cc2)c2cccc3ccccc23)cc1. The van der Waals surface area contributed by atoms with Crippen LogP contribution < -0.4 is 15.3 Å². The van der Waals surface area contributed by atoms with E-state index in [4.69, 9.17) is 0 Å². The van der Waals surface area contributed by atoms with E-state index in [9.17, 15) is 0 Å². The monoisotopic (exact) mass is 815 g/mol. The van der Waals surface area contributed by atoms with Crippen LogP contribution in [0.3, 0.4) is 0 Å². The molecule has 0 amide bonds. The highest BCUT2D eigenvalue weighted by atomic mass is 15.1. The van der Waals surface area contributed by atoms with Gasteiger partial charge in [-0.2, -0.15) is 0 Å². The summed E-state index contributed by atoms with van der Waals surface area (Å²) in [6.07, 6.45) is 0. The predicted octanol–water partition coefficient (Wildman–Crippen LogP) is 15.4. The predicted molar refractivity (Wildman–Crippen MR) is 273 cm³/mol. The Labute approximate surface area is 374 Å². The van der Waals surface area contributed by atoms with E-state index in [1.165, 1.54) is 87.3 Å². The minimum absolute atomic E-state index is 1.09. The normalized spacial score (nSPS) is 12.3. The topological polar surface area (TPSA) is 3.24 Å². The molecule has 0 atom stereocenters. The Balaban J connectivity index is 1.08. The molecular weight excluding hydrogens is 771 g/mol. The van der Waals surface area contributed by atoms with Crippen molar-refractivity contribution in [1.82, 2.24) is 0 Å². The largest absolute Gasteiger partial charge is 0.310 e. The van der Waals surface area contributed by atoms with Crippen LogP contribution in [0.2, 0.25) is 0 Å². The van der Waals surface area contributed by atoms with Crippen LogP contribution in [0.1, 0.15) is 23.6 Å². The van der Waals surface area contributed by atoms with Crippen molar-refractivity contribution in [3.8, 4) is 22.3 Å². The summed E-state index contributed by atoms with van der Waals surface area (Å²) < 4.78 is 0. The van der Waals surface area contributed by atoms with E-state index >= 15 is 0 Å². The number of anilines is 3. The first-order valence-electron chi connectivity index (χ1n) is 22.1. The molecule has 302 valence electrons. The lowest BCUT2D eigenvalue weighted by atomic mass is 9.86. The summed E-state index contributed by atoms with van der Waals surface area (Å²) in [5, 5.41) is 9.85. The maximum atomic E-state index is 2.41. The smallest absolute Gasteiger partial charge is 0.0540 e. The number of hydrogen-bond acceptors (Lipinski definition) is 1. The molecule has 0 unspecified atom stereocenters. The van der Waals surface area contributed by atoms with Gasteiger partial charge in [0.15, 0.2) is 0 Å². The molecule has 0 fully saturated rings. The second-order valence-corrected chi connectivity index (χ2v) is 16.4. The fourth-order valence-electron chi connectivity index (χ4n) is 9.69. The fourth-order valence-corrected chi connectivity index (χ4v) is 9.69. The van der Waals surface area contributed by atoms with Crippen molar-refractivity contribution >= 4 is 60.5 Å². The van der Waals surface area contributed by atoms with Crippen molar-refractivity contribution < 1.29 is 0 Å². The van der Waals surface area contributed by atoms with Crippen LogP contribution in [0.15, 0.2) is 255 Å². The van der Waals surface area contributed by atoms with Gasteiger partial charge in [0, 0.05) is 16.8 Å². The van der Waals surface area contributed by atoms with E-state index in [0.717, 1.165) is 22.6 Å². The third kappa shape index (κ3) is 7.04. The minimum Gasteiger partial charge on any atom is -0.310 e. The molecule has 0 spiro atoms. The van der Waals surface area contributed by atoms with Crippen molar-refractivity contribution in [3.63, 3.8) is 0 Å². The summed E-state index contributed by atoms with van der Waals surface area (Å²) in [5.41, 5.74) is 14.3. The highest BCUT2D eigenvalue weighted by molar-refractivity contribution is 6.21. The first-order chi connectivity index (χ1) is 31.7. The zero-order valence-corrected chi connectivity index (χ0v) is 35.7. The highest BCUT2D eigenvalue weighted by Crippen LogP contribution is 2.45. The molecule has 0 saturated carbocycles. The second-order valence-electron chi connectivity index (χ2n) is 16.4. The highest BCUT2D eigenvalue weighted by Gasteiger charge is 2.19. The summed E-state index contributed by atoms with van der Waals surface area (Å²) in [7, 11) is 0. The summed E-state index contributed by atoms with van der Waals surface area (Å²) in [4.78, 5) is 2.41. The molecule has 0 saturated heterocycles. The number of benzene rings is 11. The van der Waals surface area contributed by atoms with Crippen LogP contribution in [0, 0.1) is 0 Å². The average Bonchev–Trinajstić information content (AvgIpc) is 3.37. The van der Waals surface area contributed by atoms with Gasteiger partial charge in [0.25, 0.3) is 0 Å². The van der Waals surface area contributed by atoms with Gasteiger partial charge in [0.05, 0.1) is 5.69 Å². The summed E-state index contributed by atoms with van der Waals surface area (Å²) in [6, 6.07) is 92.6. The molecule has 0 aliphatic carbocycles. The lowest BCUT2D eigenvalue weighted by molar-refractivity contribution is 1.29. The van der Waals surface area contributed by atoms with Crippen LogP contribution in [-0.2, 0) is 0 Å². The maximum absolute atomic E-state index is 2.41. The van der Waals surface area contributed by atoms with Crippen molar-refractivity contribution in [3.05, 3.63) is 282 Å². The third-order valence-corrected chi connectivity index (χ3v) is 12.7. The Morgan fingerprint density at radius 1 is 0.297 bits per heavy atom. The molecule has 0 aromatic heterocycles. The zero-order chi connectivity index (χ0) is 42.8. The third-order valence-electron chi connectivity index (χ3n) is 12.7. The molecule has 64 heavy (non-hydrogen) atoms. The molecule has 11 aromatic rings. The number of rotatable bonds is 8. The first kappa shape index (κ1) is 38.6. The molecule has 0 radical (unpaired) electrons. The van der Waals surface area contributed by atoms with Crippen LogP contribution in [0.5, 0.6) is 0 Å². The van der Waals surface area contributed by atoms with Gasteiger partial charge in [-0.15, -0.1) is 0 Å². The van der Waals surface area contributed by atoms with Gasteiger partial charge < -0.3 is 4.90 Å². The molecule has 0 aliphatic rings. The maximum Gasteiger partial charge on any atom is 0.0540 e. The Morgan fingerprint density at radius 2 is 0.703 bits per heavy atom. The van der Waals surface area contributed by atoms with Crippen LogP contribution in [-0.4, -0.2) is 0 Å².